The van der Waals surface area contributed by atoms with Gasteiger partial charge in [0.15, 0.2) is 0 Å². The Kier molecular flexibility index (Phi) is 4.70. The van der Waals surface area contributed by atoms with Crippen molar-refractivity contribution in [3.63, 3.8) is 0 Å². The Morgan fingerprint density at radius 1 is 1.45 bits per heavy atom. The van der Waals surface area contributed by atoms with E-state index in [0.717, 1.165) is 34.4 Å². The third kappa shape index (κ3) is 3.73. The second-order valence-electron chi connectivity index (χ2n) is 6.01. The molecule has 1 aliphatic heterocycles. The van der Waals surface area contributed by atoms with E-state index in [4.69, 9.17) is 4.74 Å². The molecular formula is C15H21BrN2O2. The molecule has 0 saturated carbocycles. The van der Waals surface area contributed by atoms with E-state index in [0.29, 0.717) is 13.2 Å². The summed E-state index contributed by atoms with van der Waals surface area (Å²) in [6, 6.07) is 4.07. The minimum Gasteiger partial charge on any atom is -0.492 e. The van der Waals surface area contributed by atoms with Crippen LogP contribution in [0.1, 0.15) is 31.9 Å². The van der Waals surface area contributed by atoms with Crippen molar-refractivity contribution in [3.05, 3.63) is 27.7 Å². The molecule has 0 saturated heterocycles. The molecule has 110 valence electrons. The van der Waals surface area contributed by atoms with Crippen LogP contribution < -0.4 is 15.4 Å². The minimum absolute atomic E-state index is 0.0398. The summed E-state index contributed by atoms with van der Waals surface area (Å²) >= 11 is 3.52. The summed E-state index contributed by atoms with van der Waals surface area (Å²) in [5, 5.41) is 6.29. The third-order valence-corrected chi connectivity index (χ3v) is 3.63. The number of carbonyl (C=O) groups is 1. The molecule has 0 spiro atoms. The fourth-order valence-corrected chi connectivity index (χ4v) is 2.60. The summed E-state index contributed by atoms with van der Waals surface area (Å²) in [5.74, 6) is 0.936. The molecular weight excluding hydrogens is 320 g/mol. The lowest BCUT2D eigenvalue weighted by molar-refractivity contribution is -0.128. The summed E-state index contributed by atoms with van der Waals surface area (Å²) in [7, 11) is 0. The predicted octanol–water partition coefficient (Wildman–Crippen LogP) is 2.59. The zero-order valence-electron chi connectivity index (χ0n) is 12.2. The number of nitrogens with one attached hydrogen (secondary N) is 2. The van der Waals surface area contributed by atoms with Crippen LogP contribution in [0.3, 0.4) is 0 Å². The number of rotatable bonds is 2. The maximum absolute atomic E-state index is 12.0. The van der Waals surface area contributed by atoms with Gasteiger partial charge in [0.1, 0.15) is 12.4 Å². The van der Waals surface area contributed by atoms with Crippen molar-refractivity contribution in [2.75, 3.05) is 13.2 Å². The fraction of sp³-hybridized carbons (Fsp3) is 0.533. The van der Waals surface area contributed by atoms with Gasteiger partial charge in [-0.25, -0.2) is 0 Å². The molecule has 2 N–H and O–H groups in total. The molecule has 0 radical (unpaired) electrons. The highest BCUT2D eigenvalue weighted by Crippen LogP contribution is 2.30. The van der Waals surface area contributed by atoms with Crippen molar-refractivity contribution in [3.8, 4) is 5.75 Å². The first kappa shape index (κ1) is 15.3. The molecule has 0 unspecified atom stereocenters. The largest absolute Gasteiger partial charge is 0.492 e. The molecule has 0 aliphatic carbocycles. The summed E-state index contributed by atoms with van der Waals surface area (Å²) in [4.78, 5) is 12.0. The minimum atomic E-state index is -0.384. The number of carbonyl (C=O) groups excluding carboxylic acids is 1. The van der Waals surface area contributed by atoms with Gasteiger partial charge in [-0.1, -0.05) is 36.7 Å². The summed E-state index contributed by atoms with van der Waals surface area (Å²) in [6.45, 7) is 8.47. The van der Waals surface area contributed by atoms with Crippen LogP contribution in [0.25, 0.3) is 0 Å². The molecule has 0 aromatic heterocycles. The Bertz CT molecular complexity index is 509. The van der Waals surface area contributed by atoms with Crippen LogP contribution in [-0.2, 0) is 17.9 Å². The van der Waals surface area contributed by atoms with Crippen LogP contribution in [0.4, 0.5) is 0 Å². The van der Waals surface area contributed by atoms with Gasteiger partial charge in [-0.3, -0.25) is 4.79 Å². The maximum atomic E-state index is 12.0. The number of halogens is 1. The number of hydrogen-bond donors (Lipinski definition) is 2. The average Bonchev–Trinajstić information content (AvgIpc) is 2.59. The van der Waals surface area contributed by atoms with E-state index < -0.39 is 0 Å². The number of fused-ring (bicyclic) bond motifs is 1. The molecule has 1 aromatic carbocycles. The van der Waals surface area contributed by atoms with Gasteiger partial charge in [-0.15, -0.1) is 0 Å². The first-order valence-electron chi connectivity index (χ1n) is 6.81. The van der Waals surface area contributed by atoms with E-state index in [1.54, 1.807) is 0 Å². The van der Waals surface area contributed by atoms with E-state index >= 15 is 0 Å². The van der Waals surface area contributed by atoms with Crippen LogP contribution in [0.5, 0.6) is 5.75 Å². The highest BCUT2D eigenvalue weighted by molar-refractivity contribution is 9.10. The molecule has 0 bridgehead atoms. The number of amides is 1. The van der Waals surface area contributed by atoms with Gasteiger partial charge in [0.05, 0.1) is 0 Å². The van der Waals surface area contributed by atoms with E-state index in [1.807, 2.05) is 26.8 Å². The first-order valence-corrected chi connectivity index (χ1v) is 7.60. The van der Waals surface area contributed by atoms with Gasteiger partial charge in [0, 0.05) is 40.6 Å². The molecule has 20 heavy (non-hydrogen) atoms. The lowest BCUT2D eigenvalue weighted by Crippen LogP contribution is -2.34. The lowest BCUT2D eigenvalue weighted by atomic mass is 9.95. The Morgan fingerprint density at radius 2 is 2.20 bits per heavy atom. The van der Waals surface area contributed by atoms with Crippen LogP contribution >= 0.6 is 15.9 Å². The summed E-state index contributed by atoms with van der Waals surface area (Å²) < 4.78 is 6.82. The molecule has 0 atom stereocenters. The Balaban J connectivity index is 2.19. The SMILES string of the molecule is CC(C)(C)C(=O)NCc1cc(Br)cc2c1OCCNC2. The number of ether oxygens (including phenoxy) is 1. The molecule has 1 heterocycles. The van der Waals surface area contributed by atoms with E-state index in [-0.39, 0.29) is 11.3 Å². The van der Waals surface area contributed by atoms with Crippen LogP contribution in [0.2, 0.25) is 0 Å². The quantitative estimate of drug-likeness (QED) is 0.869. The second kappa shape index (κ2) is 6.14. The third-order valence-electron chi connectivity index (χ3n) is 3.17. The van der Waals surface area contributed by atoms with Gasteiger partial charge in [0.2, 0.25) is 5.91 Å². The molecule has 1 amide bonds. The Labute approximate surface area is 128 Å². The molecule has 1 aliphatic rings. The van der Waals surface area contributed by atoms with E-state index in [2.05, 4.69) is 32.6 Å². The predicted molar refractivity (Wildman–Crippen MR) is 82.6 cm³/mol. The van der Waals surface area contributed by atoms with Crippen molar-refractivity contribution >= 4 is 21.8 Å². The maximum Gasteiger partial charge on any atom is 0.225 e. The lowest BCUT2D eigenvalue weighted by Gasteiger charge is -2.19. The smallest absolute Gasteiger partial charge is 0.225 e. The highest BCUT2D eigenvalue weighted by atomic mass is 79.9. The van der Waals surface area contributed by atoms with Crippen molar-refractivity contribution in [2.24, 2.45) is 5.41 Å². The van der Waals surface area contributed by atoms with Gasteiger partial charge in [-0.2, -0.15) is 0 Å². The first-order chi connectivity index (χ1) is 9.38. The van der Waals surface area contributed by atoms with Crippen molar-refractivity contribution in [1.82, 2.24) is 10.6 Å². The van der Waals surface area contributed by atoms with Crippen molar-refractivity contribution in [2.45, 2.75) is 33.9 Å². The molecule has 4 nitrogen and oxygen atoms in total. The normalized spacial score (nSPS) is 15.0. The van der Waals surface area contributed by atoms with Gasteiger partial charge < -0.3 is 15.4 Å². The second-order valence-corrected chi connectivity index (χ2v) is 6.93. The molecule has 2 rings (SSSR count). The van der Waals surface area contributed by atoms with Crippen molar-refractivity contribution < 1.29 is 9.53 Å². The monoisotopic (exact) mass is 340 g/mol. The van der Waals surface area contributed by atoms with Gasteiger partial charge in [-0.05, 0) is 12.1 Å². The van der Waals surface area contributed by atoms with Crippen LogP contribution in [0, 0.1) is 5.41 Å². The van der Waals surface area contributed by atoms with E-state index in [1.165, 1.54) is 0 Å². The zero-order valence-corrected chi connectivity index (χ0v) is 13.8. The number of benzene rings is 1. The molecule has 5 heteroatoms. The topological polar surface area (TPSA) is 50.4 Å². The van der Waals surface area contributed by atoms with Crippen LogP contribution in [0.15, 0.2) is 16.6 Å². The van der Waals surface area contributed by atoms with Gasteiger partial charge >= 0.3 is 0 Å². The summed E-state index contributed by atoms with van der Waals surface area (Å²) in [5.41, 5.74) is 1.75. The molecule has 1 aromatic rings. The zero-order chi connectivity index (χ0) is 14.8. The van der Waals surface area contributed by atoms with Gasteiger partial charge in [0.25, 0.3) is 0 Å². The van der Waals surface area contributed by atoms with E-state index in [9.17, 15) is 4.79 Å². The molecule has 0 fully saturated rings. The van der Waals surface area contributed by atoms with Crippen molar-refractivity contribution in [1.29, 1.82) is 0 Å². The standard InChI is InChI=1S/C15H21BrN2O2/c1-15(2,3)14(19)18-9-11-7-12(16)6-10-8-17-4-5-20-13(10)11/h6-7,17H,4-5,8-9H2,1-3H3,(H,18,19). The summed E-state index contributed by atoms with van der Waals surface area (Å²) in [6.07, 6.45) is 0. The fourth-order valence-electron chi connectivity index (χ4n) is 2.05. The number of hydrogen-bond acceptors (Lipinski definition) is 3. The highest BCUT2D eigenvalue weighted by Gasteiger charge is 2.22. The van der Waals surface area contributed by atoms with Crippen LogP contribution in [-0.4, -0.2) is 19.1 Å². The Hall–Kier alpha value is -1.07. The average molecular weight is 341 g/mol. The Morgan fingerprint density at radius 3 is 2.90 bits per heavy atom.